The summed E-state index contributed by atoms with van der Waals surface area (Å²) in [4.78, 5) is 10.0. The highest BCUT2D eigenvalue weighted by molar-refractivity contribution is 6.32. The first-order valence-electron chi connectivity index (χ1n) is 5.47. The van der Waals surface area contributed by atoms with Gasteiger partial charge in [-0.3, -0.25) is 10.1 Å². The first-order valence-corrected chi connectivity index (χ1v) is 5.85. The Morgan fingerprint density at radius 1 is 1.59 bits per heavy atom. The molecule has 2 rings (SSSR count). The lowest BCUT2D eigenvalue weighted by Crippen LogP contribution is -2.28. The maximum Gasteiger partial charge on any atom is 0.271 e. The molecule has 1 N–H and O–H groups in total. The first kappa shape index (κ1) is 12.1. The zero-order valence-corrected chi connectivity index (χ0v) is 9.94. The summed E-state index contributed by atoms with van der Waals surface area (Å²) >= 11 is 5.91. The highest BCUT2D eigenvalue weighted by atomic mass is 35.5. The number of halogens is 1. The normalized spacial score (nSPS) is 19.2. The molecule has 0 amide bonds. The highest BCUT2D eigenvalue weighted by Crippen LogP contribution is 2.28. The van der Waals surface area contributed by atoms with Crippen molar-refractivity contribution in [3.63, 3.8) is 0 Å². The minimum absolute atomic E-state index is 0.0265. The zero-order valence-electron chi connectivity index (χ0n) is 9.19. The van der Waals surface area contributed by atoms with E-state index in [1.54, 1.807) is 0 Å². The van der Waals surface area contributed by atoms with Gasteiger partial charge in [0, 0.05) is 18.2 Å². The van der Waals surface area contributed by atoms with E-state index in [4.69, 9.17) is 16.3 Å². The van der Waals surface area contributed by atoms with E-state index in [0.29, 0.717) is 18.4 Å². The molecular formula is C11H13ClN2O3. The summed E-state index contributed by atoms with van der Waals surface area (Å²) in [5.74, 6) is 0.492. The van der Waals surface area contributed by atoms with Crippen molar-refractivity contribution in [3.8, 4) is 5.75 Å². The molecule has 1 heterocycles. The SMILES string of the molecule is O=[N+]([O-])c1ccc(OCC2CCCN2)c(Cl)c1. The van der Waals surface area contributed by atoms with E-state index in [2.05, 4.69) is 5.32 Å². The average molecular weight is 257 g/mol. The van der Waals surface area contributed by atoms with E-state index in [1.807, 2.05) is 0 Å². The van der Waals surface area contributed by atoms with Gasteiger partial charge >= 0.3 is 0 Å². The van der Waals surface area contributed by atoms with Gasteiger partial charge in [0.25, 0.3) is 5.69 Å². The Kier molecular flexibility index (Phi) is 3.81. The lowest BCUT2D eigenvalue weighted by Gasteiger charge is -2.12. The third-order valence-electron chi connectivity index (χ3n) is 2.73. The molecule has 1 fully saturated rings. The molecule has 1 aromatic carbocycles. The van der Waals surface area contributed by atoms with Crippen molar-refractivity contribution in [1.29, 1.82) is 0 Å². The van der Waals surface area contributed by atoms with Crippen molar-refractivity contribution < 1.29 is 9.66 Å². The monoisotopic (exact) mass is 256 g/mol. The smallest absolute Gasteiger partial charge is 0.271 e. The van der Waals surface area contributed by atoms with Crippen LogP contribution in [0.2, 0.25) is 5.02 Å². The molecule has 1 aromatic rings. The predicted octanol–water partition coefficient (Wildman–Crippen LogP) is 2.38. The van der Waals surface area contributed by atoms with Gasteiger partial charge in [-0.1, -0.05) is 11.6 Å². The summed E-state index contributed by atoms with van der Waals surface area (Å²) in [6.45, 7) is 1.56. The molecular weight excluding hydrogens is 244 g/mol. The summed E-state index contributed by atoms with van der Waals surface area (Å²) in [5.41, 5.74) is -0.0265. The topological polar surface area (TPSA) is 64.4 Å². The van der Waals surface area contributed by atoms with Gasteiger partial charge in [0.05, 0.1) is 9.95 Å². The minimum atomic E-state index is -0.478. The fraction of sp³-hybridized carbons (Fsp3) is 0.455. The van der Waals surface area contributed by atoms with Gasteiger partial charge < -0.3 is 10.1 Å². The lowest BCUT2D eigenvalue weighted by atomic mass is 10.2. The second kappa shape index (κ2) is 5.33. The van der Waals surface area contributed by atoms with E-state index in [0.717, 1.165) is 19.4 Å². The molecule has 0 radical (unpaired) electrons. The van der Waals surface area contributed by atoms with Crippen molar-refractivity contribution in [2.24, 2.45) is 0 Å². The quantitative estimate of drug-likeness (QED) is 0.664. The molecule has 1 aliphatic heterocycles. The van der Waals surface area contributed by atoms with Crippen LogP contribution < -0.4 is 10.1 Å². The molecule has 1 unspecified atom stereocenters. The van der Waals surface area contributed by atoms with Crippen LogP contribution in [0.4, 0.5) is 5.69 Å². The number of hydrogen-bond acceptors (Lipinski definition) is 4. The first-order chi connectivity index (χ1) is 8.16. The number of benzene rings is 1. The summed E-state index contributed by atoms with van der Waals surface area (Å²) in [7, 11) is 0. The van der Waals surface area contributed by atoms with Gasteiger partial charge in [0.15, 0.2) is 0 Å². The van der Waals surface area contributed by atoms with Gasteiger partial charge in [-0.25, -0.2) is 0 Å². The Labute approximate surface area is 104 Å². The summed E-state index contributed by atoms with van der Waals surface area (Å²) < 4.78 is 5.54. The number of rotatable bonds is 4. The molecule has 0 aliphatic carbocycles. The van der Waals surface area contributed by atoms with E-state index >= 15 is 0 Å². The number of non-ortho nitro benzene ring substituents is 1. The largest absolute Gasteiger partial charge is 0.490 e. The van der Waals surface area contributed by atoms with Crippen molar-refractivity contribution in [2.75, 3.05) is 13.2 Å². The van der Waals surface area contributed by atoms with E-state index in [1.165, 1.54) is 18.2 Å². The Balaban J connectivity index is 1.98. The molecule has 0 bridgehead atoms. The van der Waals surface area contributed by atoms with E-state index in [9.17, 15) is 10.1 Å². The van der Waals surface area contributed by atoms with Crippen molar-refractivity contribution in [3.05, 3.63) is 33.3 Å². The molecule has 5 nitrogen and oxygen atoms in total. The van der Waals surface area contributed by atoms with Crippen LogP contribution in [0.3, 0.4) is 0 Å². The summed E-state index contributed by atoms with van der Waals surface area (Å²) in [6.07, 6.45) is 2.24. The van der Waals surface area contributed by atoms with Crippen LogP contribution in [-0.4, -0.2) is 24.1 Å². The summed E-state index contributed by atoms with van der Waals surface area (Å²) in [5, 5.41) is 14.1. The Bertz CT molecular complexity index is 419. The Morgan fingerprint density at radius 3 is 3.00 bits per heavy atom. The zero-order chi connectivity index (χ0) is 12.3. The third-order valence-corrected chi connectivity index (χ3v) is 3.02. The summed E-state index contributed by atoms with van der Waals surface area (Å²) in [6, 6.07) is 4.58. The van der Waals surface area contributed by atoms with Gasteiger partial charge in [-0.05, 0) is 25.5 Å². The van der Waals surface area contributed by atoms with Crippen LogP contribution in [0, 0.1) is 10.1 Å². The van der Waals surface area contributed by atoms with Crippen LogP contribution >= 0.6 is 11.6 Å². The number of hydrogen-bond donors (Lipinski definition) is 1. The second-order valence-electron chi connectivity index (χ2n) is 3.98. The van der Waals surface area contributed by atoms with Crippen molar-refractivity contribution in [1.82, 2.24) is 5.32 Å². The second-order valence-corrected chi connectivity index (χ2v) is 4.38. The lowest BCUT2D eigenvalue weighted by molar-refractivity contribution is -0.384. The molecule has 1 saturated heterocycles. The molecule has 1 atom stereocenters. The fourth-order valence-corrected chi connectivity index (χ4v) is 2.04. The standard InChI is InChI=1S/C11H13ClN2O3/c12-10-6-9(14(15)16)3-4-11(10)17-7-8-2-1-5-13-8/h3-4,6,8,13H,1-2,5,7H2. The average Bonchev–Trinajstić information content (AvgIpc) is 2.80. The maximum atomic E-state index is 10.5. The number of nitrogens with zero attached hydrogens (tertiary/aromatic N) is 1. The minimum Gasteiger partial charge on any atom is -0.490 e. The molecule has 92 valence electrons. The van der Waals surface area contributed by atoms with Crippen LogP contribution in [0.5, 0.6) is 5.75 Å². The number of ether oxygens (including phenoxy) is 1. The fourth-order valence-electron chi connectivity index (χ4n) is 1.81. The van der Waals surface area contributed by atoms with Crippen LogP contribution in [0.25, 0.3) is 0 Å². The molecule has 0 saturated carbocycles. The number of nitro benzene ring substituents is 1. The van der Waals surface area contributed by atoms with Gasteiger partial charge in [0.1, 0.15) is 12.4 Å². The van der Waals surface area contributed by atoms with Gasteiger partial charge in [-0.15, -0.1) is 0 Å². The molecule has 0 spiro atoms. The van der Waals surface area contributed by atoms with Crippen LogP contribution in [0.1, 0.15) is 12.8 Å². The van der Waals surface area contributed by atoms with Gasteiger partial charge in [-0.2, -0.15) is 0 Å². The van der Waals surface area contributed by atoms with Gasteiger partial charge in [0.2, 0.25) is 0 Å². The van der Waals surface area contributed by atoms with E-state index < -0.39 is 4.92 Å². The molecule has 1 aliphatic rings. The molecule has 0 aromatic heterocycles. The maximum absolute atomic E-state index is 10.5. The highest BCUT2D eigenvalue weighted by Gasteiger charge is 2.16. The number of nitrogens with one attached hydrogen (secondary N) is 1. The number of nitro groups is 1. The Morgan fingerprint density at radius 2 is 2.41 bits per heavy atom. The molecule has 17 heavy (non-hydrogen) atoms. The van der Waals surface area contributed by atoms with Crippen molar-refractivity contribution >= 4 is 17.3 Å². The van der Waals surface area contributed by atoms with Crippen LogP contribution in [0.15, 0.2) is 18.2 Å². The molecule has 6 heteroatoms. The van der Waals surface area contributed by atoms with Crippen LogP contribution in [-0.2, 0) is 0 Å². The Hall–Kier alpha value is -1.33. The third kappa shape index (κ3) is 3.08. The van der Waals surface area contributed by atoms with E-state index in [-0.39, 0.29) is 10.7 Å². The predicted molar refractivity (Wildman–Crippen MR) is 64.6 cm³/mol. The van der Waals surface area contributed by atoms with Crippen molar-refractivity contribution in [2.45, 2.75) is 18.9 Å².